The Morgan fingerprint density at radius 2 is 1.71 bits per heavy atom. The van der Waals surface area contributed by atoms with Gasteiger partial charge in [-0.05, 0) is 37.6 Å². The molecule has 1 aliphatic heterocycles. The molecule has 6 nitrogen and oxygen atoms in total. The van der Waals surface area contributed by atoms with Crippen LogP contribution in [0.2, 0.25) is 0 Å². The van der Waals surface area contributed by atoms with Crippen molar-refractivity contribution in [2.45, 2.75) is 26.7 Å². The number of ether oxygens (including phenoxy) is 1. The first-order chi connectivity index (χ1) is 11.5. The maximum atomic E-state index is 12.2. The molecule has 1 aromatic carbocycles. The van der Waals surface area contributed by atoms with Crippen LogP contribution in [0.1, 0.15) is 37.0 Å². The molecule has 0 saturated carbocycles. The quantitative estimate of drug-likeness (QED) is 0.702. The van der Waals surface area contributed by atoms with Crippen molar-refractivity contribution in [1.29, 1.82) is 0 Å². The fraction of sp³-hybridized carbons (Fsp3) is 0.588. The highest BCUT2D eigenvalue weighted by atomic mass is 32.2. The van der Waals surface area contributed by atoms with Crippen LogP contribution in [0.15, 0.2) is 24.3 Å². The fourth-order valence-electron chi connectivity index (χ4n) is 2.70. The van der Waals surface area contributed by atoms with Gasteiger partial charge in [-0.15, -0.1) is 0 Å². The molecular weight excluding hydrogens is 328 g/mol. The standard InChI is InChI=1S/C17H26N2O4S/c1-3-5-14-24(21,22)19-12-10-18(11-13-19)16-8-6-15(7-9-16)17(20)23-4-2/h6-9H,3-5,10-14H2,1-2H3. The van der Waals surface area contributed by atoms with E-state index in [-0.39, 0.29) is 11.7 Å². The minimum absolute atomic E-state index is 0.234. The van der Waals surface area contributed by atoms with E-state index in [2.05, 4.69) is 4.90 Å². The van der Waals surface area contributed by atoms with E-state index in [1.54, 1.807) is 23.4 Å². The number of esters is 1. The van der Waals surface area contributed by atoms with Gasteiger partial charge in [-0.2, -0.15) is 4.31 Å². The molecule has 2 rings (SSSR count). The molecule has 0 N–H and O–H groups in total. The van der Waals surface area contributed by atoms with Crippen molar-refractivity contribution < 1.29 is 17.9 Å². The molecule has 1 saturated heterocycles. The summed E-state index contributed by atoms with van der Waals surface area (Å²) < 4.78 is 31.0. The molecule has 0 aromatic heterocycles. The van der Waals surface area contributed by atoms with E-state index in [4.69, 9.17) is 4.74 Å². The Hall–Kier alpha value is -1.60. The average Bonchev–Trinajstić information content (AvgIpc) is 2.60. The van der Waals surface area contributed by atoms with E-state index in [1.807, 2.05) is 19.1 Å². The third-order valence-corrected chi connectivity index (χ3v) is 6.09. The van der Waals surface area contributed by atoms with E-state index < -0.39 is 10.0 Å². The third kappa shape index (κ3) is 4.70. The van der Waals surface area contributed by atoms with Crippen LogP contribution in [-0.2, 0) is 14.8 Å². The summed E-state index contributed by atoms with van der Waals surface area (Å²) in [7, 11) is -3.13. The molecule has 134 valence electrons. The van der Waals surface area contributed by atoms with Crippen molar-refractivity contribution >= 4 is 21.7 Å². The summed E-state index contributed by atoms with van der Waals surface area (Å²) in [6.45, 7) is 6.45. The van der Waals surface area contributed by atoms with Gasteiger partial charge < -0.3 is 9.64 Å². The Morgan fingerprint density at radius 3 is 2.25 bits per heavy atom. The molecule has 0 radical (unpaired) electrons. The molecule has 1 aromatic rings. The Balaban J connectivity index is 1.93. The maximum Gasteiger partial charge on any atom is 0.338 e. The Bertz CT molecular complexity index is 635. The zero-order valence-electron chi connectivity index (χ0n) is 14.4. The molecule has 0 aliphatic carbocycles. The number of carbonyl (C=O) groups is 1. The van der Waals surface area contributed by atoms with Crippen LogP contribution in [0, 0.1) is 0 Å². The van der Waals surface area contributed by atoms with Crippen molar-refractivity contribution in [2.24, 2.45) is 0 Å². The van der Waals surface area contributed by atoms with Crippen LogP contribution < -0.4 is 4.90 Å². The average molecular weight is 354 g/mol. The lowest BCUT2D eigenvalue weighted by Gasteiger charge is -2.35. The molecule has 0 amide bonds. The number of sulfonamides is 1. The van der Waals surface area contributed by atoms with Gasteiger partial charge in [-0.1, -0.05) is 13.3 Å². The summed E-state index contributed by atoms with van der Waals surface area (Å²) in [5.74, 6) is -0.0894. The van der Waals surface area contributed by atoms with E-state index in [9.17, 15) is 13.2 Å². The van der Waals surface area contributed by atoms with E-state index in [0.717, 1.165) is 12.1 Å². The van der Waals surface area contributed by atoms with Gasteiger partial charge in [0.15, 0.2) is 0 Å². The second kappa shape index (κ2) is 8.48. The number of piperazine rings is 1. The number of rotatable bonds is 7. The predicted octanol–water partition coefficient (Wildman–Crippen LogP) is 2.12. The van der Waals surface area contributed by atoms with Gasteiger partial charge in [0.2, 0.25) is 10.0 Å². The van der Waals surface area contributed by atoms with Gasteiger partial charge in [0.1, 0.15) is 0 Å². The highest BCUT2D eigenvalue weighted by Crippen LogP contribution is 2.19. The van der Waals surface area contributed by atoms with Crippen molar-refractivity contribution in [3.05, 3.63) is 29.8 Å². The minimum Gasteiger partial charge on any atom is -0.462 e. The number of unbranched alkanes of at least 4 members (excludes halogenated alkanes) is 1. The molecule has 0 bridgehead atoms. The largest absolute Gasteiger partial charge is 0.462 e. The SMILES string of the molecule is CCCCS(=O)(=O)N1CCN(c2ccc(C(=O)OCC)cc2)CC1. The molecular formula is C17H26N2O4S. The second-order valence-electron chi connectivity index (χ2n) is 5.82. The molecule has 1 heterocycles. The Kier molecular flexibility index (Phi) is 6.62. The smallest absolute Gasteiger partial charge is 0.338 e. The number of hydrogen-bond acceptors (Lipinski definition) is 5. The summed E-state index contributed by atoms with van der Waals surface area (Å²) in [6.07, 6.45) is 1.59. The van der Waals surface area contributed by atoms with Crippen LogP contribution in [0.25, 0.3) is 0 Å². The zero-order valence-corrected chi connectivity index (χ0v) is 15.2. The first-order valence-electron chi connectivity index (χ1n) is 8.48. The van der Waals surface area contributed by atoms with Gasteiger partial charge in [-0.3, -0.25) is 0 Å². The topological polar surface area (TPSA) is 66.9 Å². The normalized spacial score (nSPS) is 16.2. The third-order valence-electron chi connectivity index (χ3n) is 4.13. The lowest BCUT2D eigenvalue weighted by atomic mass is 10.2. The first kappa shape index (κ1) is 18.7. The number of hydrogen-bond donors (Lipinski definition) is 0. The molecule has 1 aliphatic rings. The summed E-state index contributed by atoms with van der Waals surface area (Å²) in [5.41, 5.74) is 1.52. The molecule has 1 fully saturated rings. The van der Waals surface area contributed by atoms with Crippen LogP contribution in [-0.4, -0.2) is 57.2 Å². The van der Waals surface area contributed by atoms with Gasteiger partial charge in [0, 0.05) is 31.9 Å². The van der Waals surface area contributed by atoms with Crippen LogP contribution in [0.4, 0.5) is 5.69 Å². The fourth-order valence-corrected chi connectivity index (χ4v) is 4.33. The molecule has 0 atom stereocenters. The second-order valence-corrected chi connectivity index (χ2v) is 7.91. The van der Waals surface area contributed by atoms with Gasteiger partial charge in [-0.25, -0.2) is 13.2 Å². The minimum atomic E-state index is -3.13. The summed E-state index contributed by atoms with van der Waals surface area (Å²) in [6, 6.07) is 7.26. The number of carbonyl (C=O) groups excluding carboxylic acids is 1. The highest BCUT2D eigenvalue weighted by molar-refractivity contribution is 7.89. The molecule has 0 unspecified atom stereocenters. The zero-order chi connectivity index (χ0) is 17.6. The van der Waals surface area contributed by atoms with Crippen molar-refractivity contribution in [3.63, 3.8) is 0 Å². The van der Waals surface area contributed by atoms with Crippen LogP contribution in [0.3, 0.4) is 0 Å². The van der Waals surface area contributed by atoms with Crippen LogP contribution in [0.5, 0.6) is 0 Å². The Labute approximate surface area is 144 Å². The van der Waals surface area contributed by atoms with Crippen molar-refractivity contribution in [2.75, 3.05) is 43.4 Å². The van der Waals surface area contributed by atoms with Gasteiger partial charge in [0.05, 0.1) is 17.9 Å². The highest BCUT2D eigenvalue weighted by Gasteiger charge is 2.26. The van der Waals surface area contributed by atoms with E-state index >= 15 is 0 Å². The lowest BCUT2D eigenvalue weighted by molar-refractivity contribution is 0.0526. The summed E-state index contributed by atoms with van der Waals surface area (Å²) in [5, 5.41) is 0. The van der Waals surface area contributed by atoms with Gasteiger partial charge >= 0.3 is 5.97 Å². The van der Waals surface area contributed by atoms with Crippen LogP contribution >= 0.6 is 0 Å². The first-order valence-corrected chi connectivity index (χ1v) is 10.1. The number of nitrogens with zero attached hydrogens (tertiary/aromatic N) is 2. The monoisotopic (exact) mass is 354 g/mol. The lowest BCUT2D eigenvalue weighted by Crippen LogP contribution is -2.49. The summed E-state index contributed by atoms with van der Waals surface area (Å²) >= 11 is 0. The number of benzene rings is 1. The van der Waals surface area contributed by atoms with E-state index in [0.29, 0.717) is 44.8 Å². The summed E-state index contributed by atoms with van der Waals surface area (Å²) in [4.78, 5) is 13.8. The maximum absolute atomic E-state index is 12.2. The number of anilines is 1. The molecule has 7 heteroatoms. The van der Waals surface area contributed by atoms with E-state index in [1.165, 1.54) is 0 Å². The van der Waals surface area contributed by atoms with Gasteiger partial charge in [0.25, 0.3) is 0 Å². The predicted molar refractivity (Wildman–Crippen MR) is 94.9 cm³/mol. The Morgan fingerprint density at radius 1 is 1.08 bits per heavy atom. The molecule has 24 heavy (non-hydrogen) atoms. The van der Waals surface area contributed by atoms with Crippen molar-refractivity contribution in [3.8, 4) is 0 Å². The van der Waals surface area contributed by atoms with Crippen molar-refractivity contribution in [1.82, 2.24) is 4.31 Å². The molecule has 0 spiro atoms.